The van der Waals surface area contributed by atoms with Crippen LogP contribution >= 0.6 is 35.0 Å². The van der Waals surface area contributed by atoms with Crippen LogP contribution in [0.1, 0.15) is 49.3 Å². The Kier molecular flexibility index (Phi) is 6.29. The van der Waals surface area contributed by atoms with Gasteiger partial charge in [0.2, 0.25) is 0 Å². The van der Waals surface area contributed by atoms with Gasteiger partial charge < -0.3 is 0 Å². The maximum absolute atomic E-state index is 6.37. The molecule has 1 aromatic heterocycles. The molecule has 28 heavy (non-hydrogen) atoms. The highest BCUT2D eigenvalue weighted by Gasteiger charge is 2.24. The lowest BCUT2D eigenvalue weighted by molar-refractivity contribution is 0.339. The van der Waals surface area contributed by atoms with Gasteiger partial charge in [-0.3, -0.25) is 4.57 Å². The average molecular weight is 432 g/mol. The van der Waals surface area contributed by atoms with Crippen molar-refractivity contribution in [1.29, 1.82) is 0 Å². The van der Waals surface area contributed by atoms with Crippen LogP contribution in [0.25, 0.3) is 11.4 Å². The number of aryl methyl sites for hydroxylation is 1. The van der Waals surface area contributed by atoms with E-state index >= 15 is 0 Å². The predicted octanol–water partition coefficient (Wildman–Crippen LogP) is 7.36. The van der Waals surface area contributed by atoms with E-state index < -0.39 is 0 Å². The average Bonchev–Trinajstić information content (AvgIpc) is 3.12. The number of nitrogens with zero attached hydrogens (tertiary/aromatic N) is 3. The first kappa shape index (κ1) is 19.8. The van der Waals surface area contributed by atoms with Crippen molar-refractivity contribution in [2.45, 2.75) is 56.0 Å². The van der Waals surface area contributed by atoms with Crippen molar-refractivity contribution in [1.82, 2.24) is 14.8 Å². The monoisotopic (exact) mass is 431 g/mol. The lowest BCUT2D eigenvalue weighted by atomic mass is 9.95. The zero-order valence-electron chi connectivity index (χ0n) is 15.9. The molecule has 0 atom stereocenters. The Morgan fingerprint density at radius 3 is 2.57 bits per heavy atom. The van der Waals surface area contributed by atoms with Crippen molar-refractivity contribution in [2.75, 3.05) is 0 Å². The molecule has 146 valence electrons. The topological polar surface area (TPSA) is 30.7 Å². The Hall–Kier alpha value is -1.49. The molecule has 0 spiro atoms. The first-order chi connectivity index (χ1) is 13.6. The van der Waals surface area contributed by atoms with Gasteiger partial charge in [0.15, 0.2) is 11.0 Å². The number of hydrogen-bond acceptors (Lipinski definition) is 3. The van der Waals surface area contributed by atoms with Gasteiger partial charge in [-0.15, -0.1) is 10.2 Å². The standard InChI is InChI=1S/C22H23Cl2N3S/c1-15-7-5-6-10-19(15)21-25-26-22(27(21)18-8-3-2-4-9-18)28-14-16-11-12-17(23)13-20(16)24/h5-7,10-13,18H,2-4,8-9,14H2,1H3. The Balaban J connectivity index is 1.67. The van der Waals surface area contributed by atoms with Gasteiger partial charge in [-0.05, 0) is 43.0 Å². The second-order valence-corrected chi connectivity index (χ2v) is 9.09. The lowest BCUT2D eigenvalue weighted by Crippen LogP contribution is -2.15. The SMILES string of the molecule is Cc1ccccc1-c1nnc(SCc2ccc(Cl)cc2Cl)n1C1CCCCC1. The summed E-state index contributed by atoms with van der Waals surface area (Å²) in [7, 11) is 0. The van der Waals surface area contributed by atoms with Crippen molar-refractivity contribution in [3.8, 4) is 11.4 Å². The van der Waals surface area contributed by atoms with Gasteiger partial charge in [0, 0.05) is 27.4 Å². The third kappa shape index (κ3) is 4.24. The Morgan fingerprint density at radius 2 is 1.82 bits per heavy atom. The van der Waals surface area contributed by atoms with Crippen LogP contribution in [0.2, 0.25) is 10.0 Å². The molecule has 1 heterocycles. The summed E-state index contributed by atoms with van der Waals surface area (Å²) in [5.41, 5.74) is 3.45. The minimum absolute atomic E-state index is 0.460. The molecule has 0 N–H and O–H groups in total. The fourth-order valence-electron chi connectivity index (χ4n) is 3.83. The van der Waals surface area contributed by atoms with Gasteiger partial charge >= 0.3 is 0 Å². The number of aromatic nitrogens is 3. The van der Waals surface area contributed by atoms with Crippen LogP contribution in [-0.4, -0.2) is 14.8 Å². The van der Waals surface area contributed by atoms with Crippen LogP contribution < -0.4 is 0 Å². The largest absolute Gasteiger partial charge is 0.299 e. The molecule has 1 aliphatic rings. The quantitative estimate of drug-likeness (QED) is 0.395. The molecule has 0 amide bonds. The first-order valence-electron chi connectivity index (χ1n) is 9.71. The molecule has 2 aromatic carbocycles. The van der Waals surface area contributed by atoms with E-state index in [4.69, 9.17) is 23.2 Å². The van der Waals surface area contributed by atoms with Gasteiger partial charge in [0.05, 0.1) is 0 Å². The van der Waals surface area contributed by atoms with E-state index in [-0.39, 0.29) is 0 Å². The maximum Gasteiger partial charge on any atom is 0.192 e. The summed E-state index contributed by atoms with van der Waals surface area (Å²) in [6.07, 6.45) is 6.23. The molecule has 0 bridgehead atoms. The summed E-state index contributed by atoms with van der Waals surface area (Å²) in [6.45, 7) is 2.13. The number of thioether (sulfide) groups is 1. The summed E-state index contributed by atoms with van der Waals surface area (Å²) in [5.74, 6) is 1.73. The third-order valence-corrected chi connectivity index (χ3v) is 6.94. The van der Waals surface area contributed by atoms with E-state index in [0.29, 0.717) is 16.1 Å². The zero-order valence-corrected chi connectivity index (χ0v) is 18.2. The van der Waals surface area contributed by atoms with Crippen molar-refractivity contribution >= 4 is 35.0 Å². The number of benzene rings is 2. The smallest absolute Gasteiger partial charge is 0.192 e. The van der Waals surface area contributed by atoms with Gasteiger partial charge in [0.25, 0.3) is 0 Å². The van der Waals surface area contributed by atoms with Crippen LogP contribution in [0.15, 0.2) is 47.6 Å². The highest BCUT2D eigenvalue weighted by molar-refractivity contribution is 7.98. The summed E-state index contributed by atoms with van der Waals surface area (Å²) in [4.78, 5) is 0. The van der Waals surface area contributed by atoms with Crippen LogP contribution in [0, 0.1) is 6.92 Å². The summed E-state index contributed by atoms with van der Waals surface area (Å²) >= 11 is 14.1. The second kappa shape index (κ2) is 8.89. The molecule has 3 nitrogen and oxygen atoms in total. The number of hydrogen-bond donors (Lipinski definition) is 0. The molecule has 6 heteroatoms. The van der Waals surface area contributed by atoms with Gasteiger partial charge in [-0.2, -0.15) is 0 Å². The van der Waals surface area contributed by atoms with Crippen LogP contribution in [0.5, 0.6) is 0 Å². The van der Waals surface area contributed by atoms with Crippen molar-refractivity contribution < 1.29 is 0 Å². The molecule has 3 aromatic rings. The fraction of sp³-hybridized carbons (Fsp3) is 0.364. The zero-order chi connectivity index (χ0) is 19.5. The predicted molar refractivity (Wildman–Crippen MR) is 118 cm³/mol. The normalized spacial score (nSPS) is 15.1. The summed E-state index contributed by atoms with van der Waals surface area (Å²) in [6, 6.07) is 14.5. The van der Waals surface area contributed by atoms with E-state index in [2.05, 4.69) is 46.0 Å². The molecular weight excluding hydrogens is 409 g/mol. The van der Waals surface area contributed by atoms with Crippen LogP contribution in [0.4, 0.5) is 0 Å². The number of rotatable bonds is 5. The van der Waals surface area contributed by atoms with E-state index in [9.17, 15) is 0 Å². The second-order valence-electron chi connectivity index (χ2n) is 7.31. The van der Waals surface area contributed by atoms with Crippen molar-refractivity contribution in [2.24, 2.45) is 0 Å². The minimum Gasteiger partial charge on any atom is -0.299 e. The first-order valence-corrected chi connectivity index (χ1v) is 11.5. The van der Waals surface area contributed by atoms with Gasteiger partial charge in [0.1, 0.15) is 0 Å². The Morgan fingerprint density at radius 1 is 1.04 bits per heavy atom. The highest BCUT2D eigenvalue weighted by Crippen LogP contribution is 2.37. The fourth-order valence-corrected chi connectivity index (χ4v) is 5.40. The highest BCUT2D eigenvalue weighted by atomic mass is 35.5. The van der Waals surface area contributed by atoms with Gasteiger partial charge in [-0.1, -0.05) is 84.6 Å². The summed E-state index contributed by atoms with van der Waals surface area (Å²) < 4.78 is 2.37. The van der Waals surface area contributed by atoms with E-state index in [1.807, 2.05) is 12.1 Å². The molecule has 4 rings (SSSR count). The Bertz CT molecular complexity index is 964. The maximum atomic E-state index is 6.37. The van der Waals surface area contributed by atoms with Crippen molar-refractivity contribution in [3.05, 3.63) is 63.6 Å². The van der Waals surface area contributed by atoms with E-state index in [1.54, 1.807) is 17.8 Å². The molecular formula is C22H23Cl2N3S. The molecule has 1 aliphatic carbocycles. The van der Waals surface area contributed by atoms with E-state index in [0.717, 1.165) is 27.9 Å². The molecule has 1 fully saturated rings. The van der Waals surface area contributed by atoms with Crippen LogP contribution in [0.3, 0.4) is 0 Å². The molecule has 0 radical (unpaired) electrons. The minimum atomic E-state index is 0.460. The molecule has 0 aliphatic heterocycles. The van der Waals surface area contributed by atoms with Gasteiger partial charge in [-0.25, -0.2) is 0 Å². The van der Waals surface area contributed by atoms with E-state index in [1.165, 1.54) is 37.7 Å². The number of halogens is 2. The van der Waals surface area contributed by atoms with Crippen molar-refractivity contribution in [3.63, 3.8) is 0 Å². The molecule has 0 unspecified atom stereocenters. The molecule has 1 saturated carbocycles. The Labute approximate surface area is 180 Å². The molecule has 0 saturated heterocycles. The lowest BCUT2D eigenvalue weighted by Gasteiger charge is -2.26. The summed E-state index contributed by atoms with van der Waals surface area (Å²) in [5, 5.41) is 11.5. The van der Waals surface area contributed by atoms with Crippen LogP contribution in [-0.2, 0) is 5.75 Å². The third-order valence-electron chi connectivity index (χ3n) is 5.36.